The molecule has 0 aliphatic heterocycles. The zero-order valence-electron chi connectivity index (χ0n) is 16.5. The Kier molecular flexibility index (Phi) is 7.31. The van der Waals surface area contributed by atoms with Gasteiger partial charge in [0.2, 0.25) is 10.0 Å². The van der Waals surface area contributed by atoms with Gasteiger partial charge in [-0.2, -0.15) is 0 Å². The van der Waals surface area contributed by atoms with Crippen molar-refractivity contribution in [1.29, 1.82) is 0 Å². The van der Waals surface area contributed by atoms with E-state index < -0.39 is 20.9 Å². The van der Waals surface area contributed by atoms with Crippen LogP contribution in [-0.4, -0.2) is 30.4 Å². The highest BCUT2D eigenvalue weighted by Gasteiger charge is 2.21. The molecule has 2 aromatic rings. The van der Waals surface area contributed by atoms with E-state index in [1.807, 2.05) is 0 Å². The van der Waals surface area contributed by atoms with Gasteiger partial charge in [-0.05, 0) is 61.5 Å². The summed E-state index contributed by atoms with van der Waals surface area (Å²) in [6.07, 6.45) is 4.89. The van der Waals surface area contributed by atoms with Crippen molar-refractivity contribution >= 4 is 44.6 Å². The standard InChI is InChI=1S/C20H22N4O5S2/c25-19(14-6-10-17(11-7-14)24(26)27)22-20(30)21-15-8-12-18(13-9-15)31(28,29)23-16-4-2-1-3-5-16/h6-13,16,23H,1-5H2,(H2,21,22,25,30). The number of anilines is 1. The minimum absolute atomic E-state index is 0.0132. The quantitative estimate of drug-likeness (QED) is 0.341. The fourth-order valence-electron chi connectivity index (χ4n) is 3.30. The number of nitrogens with zero attached hydrogens (tertiary/aromatic N) is 1. The number of sulfonamides is 1. The van der Waals surface area contributed by atoms with Gasteiger partial charge in [-0.15, -0.1) is 0 Å². The lowest BCUT2D eigenvalue weighted by Gasteiger charge is -2.22. The number of rotatable bonds is 6. The van der Waals surface area contributed by atoms with Gasteiger partial charge in [0, 0.05) is 29.4 Å². The predicted molar refractivity (Wildman–Crippen MR) is 120 cm³/mol. The molecule has 3 N–H and O–H groups in total. The zero-order chi connectivity index (χ0) is 22.4. The number of nitro benzene ring substituents is 1. The highest BCUT2D eigenvalue weighted by Crippen LogP contribution is 2.21. The molecule has 0 saturated heterocycles. The summed E-state index contributed by atoms with van der Waals surface area (Å²) in [6.45, 7) is 0. The summed E-state index contributed by atoms with van der Waals surface area (Å²) >= 11 is 5.11. The van der Waals surface area contributed by atoms with Gasteiger partial charge in [0.1, 0.15) is 0 Å². The molecule has 31 heavy (non-hydrogen) atoms. The molecule has 164 valence electrons. The van der Waals surface area contributed by atoms with Crippen LogP contribution in [-0.2, 0) is 10.0 Å². The average molecular weight is 463 g/mol. The molecule has 3 rings (SSSR count). The Hall–Kier alpha value is -2.89. The van der Waals surface area contributed by atoms with Crippen molar-refractivity contribution in [1.82, 2.24) is 10.0 Å². The first-order valence-corrected chi connectivity index (χ1v) is 11.6. The summed E-state index contributed by atoms with van der Waals surface area (Å²) in [5, 5.41) is 16.0. The maximum Gasteiger partial charge on any atom is 0.269 e. The second-order valence-electron chi connectivity index (χ2n) is 7.19. The number of carbonyl (C=O) groups excluding carboxylic acids is 1. The molecular weight excluding hydrogens is 440 g/mol. The third kappa shape index (κ3) is 6.29. The van der Waals surface area contributed by atoms with Gasteiger partial charge in [0.05, 0.1) is 9.82 Å². The third-order valence-corrected chi connectivity index (χ3v) is 6.66. The second kappa shape index (κ2) is 9.94. The van der Waals surface area contributed by atoms with Gasteiger partial charge < -0.3 is 5.32 Å². The van der Waals surface area contributed by atoms with Gasteiger partial charge in [-0.25, -0.2) is 13.1 Å². The van der Waals surface area contributed by atoms with E-state index in [1.54, 1.807) is 12.1 Å². The minimum Gasteiger partial charge on any atom is -0.332 e. The summed E-state index contributed by atoms with van der Waals surface area (Å²) in [4.78, 5) is 22.5. The molecule has 0 spiro atoms. The van der Waals surface area contributed by atoms with Crippen molar-refractivity contribution in [3.05, 3.63) is 64.2 Å². The van der Waals surface area contributed by atoms with Crippen molar-refractivity contribution in [3.63, 3.8) is 0 Å². The summed E-state index contributed by atoms with van der Waals surface area (Å²) < 4.78 is 27.8. The highest BCUT2D eigenvalue weighted by atomic mass is 32.2. The molecule has 0 bridgehead atoms. The van der Waals surface area contributed by atoms with Crippen LogP contribution < -0.4 is 15.4 Å². The minimum atomic E-state index is -3.60. The predicted octanol–water partition coefficient (Wildman–Crippen LogP) is 3.33. The van der Waals surface area contributed by atoms with Crippen LogP contribution in [0.4, 0.5) is 11.4 Å². The molecule has 0 atom stereocenters. The number of carbonyl (C=O) groups is 1. The highest BCUT2D eigenvalue weighted by molar-refractivity contribution is 7.89. The Bertz CT molecular complexity index is 1060. The van der Waals surface area contributed by atoms with E-state index in [0.29, 0.717) is 5.69 Å². The molecule has 1 aliphatic rings. The van der Waals surface area contributed by atoms with Crippen molar-refractivity contribution in [2.75, 3.05) is 5.32 Å². The number of amides is 1. The van der Waals surface area contributed by atoms with Gasteiger partial charge in [0.15, 0.2) is 5.11 Å². The fraction of sp³-hybridized carbons (Fsp3) is 0.300. The third-order valence-electron chi connectivity index (χ3n) is 4.92. The van der Waals surface area contributed by atoms with Crippen molar-refractivity contribution < 1.29 is 18.1 Å². The first kappa shape index (κ1) is 22.8. The molecule has 9 nitrogen and oxygen atoms in total. The van der Waals surface area contributed by atoms with E-state index >= 15 is 0 Å². The number of thiocarbonyl (C=S) groups is 1. The monoisotopic (exact) mass is 462 g/mol. The van der Waals surface area contributed by atoms with Crippen LogP contribution >= 0.6 is 12.2 Å². The summed E-state index contributed by atoms with van der Waals surface area (Å²) in [5.74, 6) is -0.525. The number of non-ortho nitro benzene ring substituents is 1. The van der Waals surface area contributed by atoms with Crippen LogP contribution in [0.2, 0.25) is 0 Å². The SMILES string of the molecule is O=C(NC(=S)Nc1ccc(S(=O)(=O)NC2CCCCC2)cc1)c1ccc([N+](=O)[O-])cc1. The maximum absolute atomic E-state index is 12.5. The van der Waals surface area contributed by atoms with Crippen LogP contribution in [0.25, 0.3) is 0 Å². The van der Waals surface area contributed by atoms with E-state index in [4.69, 9.17) is 12.2 Å². The summed E-state index contributed by atoms with van der Waals surface area (Å²) in [6, 6.07) is 11.1. The second-order valence-corrected chi connectivity index (χ2v) is 9.32. The first-order chi connectivity index (χ1) is 14.7. The number of hydrogen-bond acceptors (Lipinski definition) is 6. The molecule has 1 saturated carbocycles. The lowest BCUT2D eigenvalue weighted by atomic mass is 9.96. The van der Waals surface area contributed by atoms with Crippen LogP contribution in [0, 0.1) is 10.1 Å². The molecule has 2 aromatic carbocycles. The Labute approximate surface area is 185 Å². The van der Waals surface area contributed by atoms with Crippen LogP contribution in [0.3, 0.4) is 0 Å². The topological polar surface area (TPSA) is 130 Å². The van der Waals surface area contributed by atoms with Crippen LogP contribution in [0.1, 0.15) is 42.5 Å². The molecule has 1 fully saturated rings. The number of nitro groups is 1. The Morgan fingerprint density at radius 2 is 1.61 bits per heavy atom. The molecule has 11 heteroatoms. The molecular formula is C20H22N4O5S2. The lowest BCUT2D eigenvalue weighted by Crippen LogP contribution is -2.36. The molecule has 0 unspecified atom stereocenters. The fourth-order valence-corrected chi connectivity index (χ4v) is 4.81. The van der Waals surface area contributed by atoms with Crippen LogP contribution in [0.15, 0.2) is 53.4 Å². The number of hydrogen-bond donors (Lipinski definition) is 3. The number of nitrogens with one attached hydrogen (secondary N) is 3. The molecule has 1 amide bonds. The largest absolute Gasteiger partial charge is 0.332 e. The normalized spacial score (nSPS) is 14.6. The first-order valence-electron chi connectivity index (χ1n) is 9.74. The Balaban J connectivity index is 1.56. The van der Waals surface area contributed by atoms with E-state index in [1.165, 1.54) is 36.4 Å². The van der Waals surface area contributed by atoms with E-state index in [-0.39, 0.29) is 27.3 Å². The van der Waals surface area contributed by atoms with E-state index in [0.717, 1.165) is 32.1 Å². The molecule has 0 radical (unpaired) electrons. The molecule has 0 heterocycles. The van der Waals surface area contributed by atoms with Crippen molar-refractivity contribution in [3.8, 4) is 0 Å². The van der Waals surface area contributed by atoms with Gasteiger partial charge >= 0.3 is 0 Å². The summed E-state index contributed by atoms with van der Waals surface area (Å²) in [7, 11) is -3.60. The zero-order valence-corrected chi connectivity index (χ0v) is 18.2. The number of benzene rings is 2. The lowest BCUT2D eigenvalue weighted by molar-refractivity contribution is -0.384. The van der Waals surface area contributed by atoms with Crippen LogP contribution in [0.5, 0.6) is 0 Å². The molecule has 0 aromatic heterocycles. The van der Waals surface area contributed by atoms with Gasteiger partial charge in [-0.1, -0.05) is 19.3 Å². The molecule has 1 aliphatic carbocycles. The maximum atomic E-state index is 12.5. The van der Waals surface area contributed by atoms with E-state index in [2.05, 4.69) is 15.4 Å². The van der Waals surface area contributed by atoms with Gasteiger partial charge in [0.25, 0.3) is 11.6 Å². The Morgan fingerprint density at radius 3 is 2.19 bits per heavy atom. The Morgan fingerprint density at radius 1 is 1.00 bits per heavy atom. The van der Waals surface area contributed by atoms with Crippen molar-refractivity contribution in [2.45, 2.75) is 43.0 Å². The van der Waals surface area contributed by atoms with Crippen molar-refractivity contribution in [2.24, 2.45) is 0 Å². The summed E-state index contributed by atoms with van der Waals surface area (Å²) in [5.41, 5.74) is 0.598. The average Bonchev–Trinajstić information content (AvgIpc) is 2.74. The van der Waals surface area contributed by atoms with E-state index in [9.17, 15) is 23.3 Å². The van der Waals surface area contributed by atoms with Gasteiger partial charge in [-0.3, -0.25) is 20.2 Å². The smallest absolute Gasteiger partial charge is 0.269 e.